The van der Waals surface area contributed by atoms with Crippen LogP contribution in [0.3, 0.4) is 0 Å². The normalized spacial score (nSPS) is 16.0. The molecule has 0 unspecified atom stereocenters. The van der Waals surface area contributed by atoms with Crippen molar-refractivity contribution >= 4 is 34.7 Å². The number of nitrogens with one attached hydrogen (secondary N) is 1. The zero-order valence-corrected chi connectivity index (χ0v) is 27.8. The highest BCUT2D eigenvalue weighted by atomic mass is 16.6. The summed E-state index contributed by atoms with van der Waals surface area (Å²) < 4.78 is 18.8. The Labute approximate surface area is 275 Å². The number of ether oxygens (including phenoxy) is 3. The van der Waals surface area contributed by atoms with Gasteiger partial charge in [0.1, 0.15) is 22.8 Å². The zero-order chi connectivity index (χ0) is 33.1. The Kier molecular flexibility index (Phi) is 9.15. The summed E-state index contributed by atoms with van der Waals surface area (Å²) in [6.07, 6.45) is 3.10. The van der Waals surface area contributed by atoms with Gasteiger partial charge in [0.25, 0.3) is 0 Å². The highest BCUT2D eigenvalue weighted by molar-refractivity contribution is 5.84. The predicted molar refractivity (Wildman–Crippen MR) is 181 cm³/mol. The van der Waals surface area contributed by atoms with Crippen LogP contribution in [0.2, 0.25) is 0 Å². The summed E-state index contributed by atoms with van der Waals surface area (Å²) >= 11 is 0. The fourth-order valence-electron chi connectivity index (χ4n) is 6.09. The first-order chi connectivity index (χ1) is 22.6. The Bertz CT molecular complexity index is 1690. The molecule has 2 aliphatic rings. The molecule has 0 atom stereocenters. The van der Waals surface area contributed by atoms with Gasteiger partial charge in [0.05, 0.1) is 20.5 Å². The molecule has 4 aromatic rings. The van der Waals surface area contributed by atoms with Gasteiger partial charge in [-0.05, 0) is 70.0 Å². The minimum atomic E-state index is -0.531. The largest absolute Gasteiger partial charge is 0.508 e. The van der Waals surface area contributed by atoms with E-state index < -0.39 is 5.60 Å². The van der Waals surface area contributed by atoms with E-state index in [4.69, 9.17) is 29.2 Å². The number of hydrogen-bond acceptors (Lipinski definition) is 11. The summed E-state index contributed by atoms with van der Waals surface area (Å²) in [6.45, 7) is 10.4. The Morgan fingerprint density at radius 2 is 1.64 bits per heavy atom. The summed E-state index contributed by atoms with van der Waals surface area (Å²) in [6, 6.07) is 13.2. The lowest BCUT2D eigenvalue weighted by Gasteiger charge is -2.36. The third-order valence-electron chi connectivity index (χ3n) is 8.64. The number of likely N-dealkylation sites (tertiary alicyclic amines) is 1. The third-order valence-corrected chi connectivity index (χ3v) is 8.64. The molecule has 2 aromatic heterocycles. The molecule has 2 aromatic carbocycles. The molecule has 0 radical (unpaired) electrons. The SMILES string of the molecule is COc1ccc(CNc2nc(N3CCN(c4ccc(O)cc4)CC3)nc3c2ncn3C2CCN(C(=O)OC(C)(C)C)CC2)c(OC)c1. The van der Waals surface area contributed by atoms with Crippen LogP contribution >= 0.6 is 0 Å². The number of phenolic OH excluding ortho intramolecular Hbond substituents is 1. The molecule has 0 saturated carbocycles. The molecule has 13 heteroatoms. The van der Waals surface area contributed by atoms with Crippen LogP contribution in [0.25, 0.3) is 11.2 Å². The number of rotatable bonds is 8. The standard InChI is InChI=1S/C34H44N8O5/c1-34(2,3)47-33(44)41-14-12-25(13-15-41)42-22-36-29-30(35-21-23-6-11-27(45-4)20-28(23)46-5)37-32(38-31(29)42)40-18-16-39(17-19-40)24-7-9-26(43)10-8-24/h6-11,20,22,25,43H,12-19,21H2,1-5H3,(H,35,37,38). The average molecular weight is 645 g/mol. The number of benzene rings is 2. The highest BCUT2D eigenvalue weighted by Crippen LogP contribution is 2.32. The number of hydrogen-bond donors (Lipinski definition) is 2. The van der Waals surface area contributed by atoms with Crippen molar-refractivity contribution in [3.8, 4) is 17.2 Å². The van der Waals surface area contributed by atoms with Crippen molar-refractivity contribution in [2.45, 2.75) is 51.8 Å². The number of phenols is 1. The first-order valence-electron chi connectivity index (χ1n) is 16.1. The first kappa shape index (κ1) is 32.0. The summed E-state index contributed by atoms with van der Waals surface area (Å²) in [5, 5.41) is 13.2. The van der Waals surface area contributed by atoms with Crippen LogP contribution in [0.15, 0.2) is 48.8 Å². The van der Waals surface area contributed by atoms with Crippen molar-refractivity contribution in [2.75, 3.05) is 68.6 Å². The van der Waals surface area contributed by atoms with E-state index in [-0.39, 0.29) is 17.9 Å². The van der Waals surface area contributed by atoms with Gasteiger partial charge in [-0.15, -0.1) is 0 Å². The van der Waals surface area contributed by atoms with E-state index in [1.54, 1.807) is 31.3 Å². The van der Waals surface area contributed by atoms with Crippen molar-refractivity contribution < 1.29 is 24.1 Å². The molecule has 13 nitrogen and oxygen atoms in total. The van der Waals surface area contributed by atoms with E-state index >= 15 is 0 Å². The fourth-order valence-corrected chi connectivity index (χ4v) is 6.09. The number of carbonyl (C=O) groups excluding carboxylic acids is 1. The van der Waals surface area contributed by atoms with E-state index in [0.717, 1.165) is 67.4 Å². The molecular formula is C34H44N8O5. The number of fused-ring (bicyclic) bond motifs is 1. The second-order valence-corrected chi connectivity index (χ2v) is 12.9. The summed E-state index contributed by atoms with van der Waals surface area (Å²) in [4.78, 5) is 33.9. The van der Waals surface area contributed by atoms with E-state index in [1.807, 2.05) is 57.4 Å². The summed E-state index contributed by atoms with van der Waals surface area (Å²) in [5.41, 5.74) is 2.95. The number of piperazine rings is 1. The lowest BCUT2D eigenvalue weighted by molar-refractivity contribution is 0.0189. The van der Waals surface area contributed by atoms with Gasteiger partial charge in [0, 0.05) is 69.2 Å². The molecule has 0 aliphatic carbocycles. The van der Waals surface area contributed by atoms with Gasteiger partial charge in [-0.25, -0.2) is 9.78 Å². The second kappa shape index (κ2) is 13.4. The molecule has 47 heavy (non-hydrogen) atoms. The Morgan fingerprint density at radius 3 is 2.30 bits per heavy atom. The predicted octanol–water partition coefficient (Wildman–Crippen LogP) is 5.06. The zero-order valence-electron chi connectivity index (χ0n) is 27.8. The Morgan fingerprint density at radius 1 is 0.936 bits per heavy atom. The maximum absolute atomic E-state index is 12.7. The molecular weight excluding hydrogens is 600 g/mol. The topological polar surface area (TPSA) is 130 Å². The van der Waals surface area contributed by atoms with Crippen LogP contribution in [0, 0.1) is 0 Å². The Hall–Kier alpha value is -4.94. The van der Waals surface area contributed by atoms with Crippen LogP contribution < -0.4 is 24.6 Å². The molecule has 2 aliphatic heterocycles. The number of aromatic hydroxyl groups is 1. The number of imidazole rings is 1. The average Bonchev–Trinajstić information content (AvgIpc) is 3.51. The number of aromatic nitrogens is 4. The van der Waals surface area contributed by atoms with Gasteiger partial charge in [-0.1, -0.05) is 0 Å². The van der Waals surface area contributed by atoms with Gasteiger partial charge in [0.2, 0.25) is 5.95 Å². The quantitative estimate of drug-likeness (QED) is 0.267. The van der Waals surface area contributed by atoms with Crippen LogP contribution in [0.1, 0.15) is 45.2 Å². The minimum Gasteiger partial charge on any atom is -0.508 e. The number of nitrogens with zero attached hydrogens (tertiary/aromatic N) is 7. The number of anilines is 3. The Balaban J connectivity index is 1.26. The van der Waals surface area contributed by atoms with E-state index in [9.17, 15) is 9.90 Å². The third kappa shape index (κ3) is 7.23. The first-order valence-corrected chi connectivity index (χ1v) is 16.1. The van der Waals surface area contributed by atoms with E-state index in [1.165, 1.54) is 0 Å². The van der Waals surface area contributed by atoms with E-state index in [0.29, 0.717) is 36.9 Å². The molecule has 2 saturated heterocycles. The molecule has 1 amide bonds. The lowest BCUT2D eigenvalue weighted by Crippen LogP contribution is -2.47. The number of methoxy groups -OCH3 is 2. The van der Waals surface area contributed by atoms with Crippen LogP contribution in [0.5, 0.6) is 17.2 Å². The number of carbonyl (C=O) groups is 1. The van der Waals surface area contributed by atoms with Crippen LogP contribution in [-0.4, -0.2) is 94.7 Å². The summed E-state index contributed by atoms with van der Waals surface area (Å²) in [5.74, 6) is 2.98. The van der Waals surface area contributed by atoms with Crippen molar-refractivity contribution in [2.24, 2.45) is 0 Å². The number of piperidine rings is 1. The van der Waals surface area contributed by atoms with Crippen LogP contribution in [0.4, 0.5) is 22.2 Å². The van der Waals surface area contributed by atoms with Crippen molar-refractivity contribution in [1.29, 1.82) is 0 Å². The monoisotopic (exact) mass is 644 g/mol. The van der Waals surface area contributed by atoms with Crippen molar-refractivity contribution in [1.82, 2.24) is 24.4 Å². The molecule has 0 bridgehead atoms. The highest BCUT2D eigenvalue weighted by Gasteiger charge is 2.30. The van der Waals surface area contributed by atoms with Crippen molar-refractivity contribution in [3.05, 3.63) is 54.4 Å². The molecule has 2 fully saturated rings. The van der Waals surface area contributed by atoms with Gasteiger partial charge in [0.15, 0.2) is 17.0 Å². The maximum atomic E-state index is 12.7. The second-order valence-electron chi connectivity index (χ2n) is 12.9. The van der Waals surface area contributed by atoms with Gasteiger partial charge in [-0.2, -0.15) is 9.97 Å². The van der Waals surface area contributed by atoms with E-state index in [2.05, 4.69) is 19.7 Å². The number of amides is 1. The molecule has 4 heterocycles. The maximum Gasteiger partial charge on any atom is 0.410 e. The molecule has 2 N–H and O–H groups in total. The van der Waals surface area contributed by atoms with Crippen LogP contribution in [-0.2, 0) is 11.3 Å². The molecule has 6 rings (SSSR count). The fraction of sp³-hybridized carbons (Fsp3) is 0.471. The minimum absolute atomic E-state index is 0.127. The smallest absolute Gasteiger partial charge is 0.410 e. The lowest BCUT2D eigenvalue weighted by atomic mass is 10.1. The molecule has 250 valence electrons. The summed E-state index contributed by atoms with van der Waals surface area (Å²) in [7, 11) is 3.28. The van der Waals surface area contributed by atoms with Gasteiger partial charge >= 0.3 is 6.09 Å². The molecule has 0 spiro atoms. The van der Waals surface area contributed by atoms with Gasteiger partial charge in [-0.3, -0.25) is 0 Å². The van der Waals surface area contributed by atoms with Gasteiger partial charge < -0.3 is 43.9 Å². The van der Waals surface area contributed by atoms with Crippen molar-refractivity contribution in [3.63, 3.8) is 0 Å².